The molecule has 166 valence electrons. The fraction of sp³-hybridized carbons (Fsp3) is 0.348. The normalized spacial score (nSPS) is 12.9. The van der Waals surface area contributed by atoms with Gasteiger partial charge >= 0.3 is 5.97 Å². The third-order valence-corrected chi connectivity index (χ3v) is 4.84. The highest BCUT2D eigenvalue weighted by molar-refractivity contribution is 6.02. The second kappa shape index (κ2) is 9.51. The average Bonchev–Trinajstić information content (AvgIpc) is 2.68. The van der Waals surface area contributed by atoms with Gasteiger partial charge in [-0.1, -0.05) is 32.0 Å². The van der Waals surface area contributed by atoms with E-state index in [1.54, 1.807) is 13.0 Å². The van der Waals surface area contributed by atoms with Crippen LogP contribution in [0.3, 0.4) is 0 Å². The molecule has 0 fully saturated rings. The van der Waals surface area contributed by atoms with Crippen LogP contribution in [0.5, 0.6) is 11.5 Å². The minimum absolute atomic E-state index is 0.0205. The summed E-state index contributed by atoms with van der Waals surface area (Å²) in [5.41, 5.74) is 2.13. The van der Waals surface area contributed by atoms with Crippen molar-refractivity contribution in [1.29, 1.82) is 0 Å². The Bertz CT molecular complexity index is 1010. The fourth-order valence-corrected chi connectivity index (χ4v) is 2.91. The Balaban J connectivity index is 2.28. The lowest BCUT2D eigenvalue weighted by molar-refractivity contribution is -0.117. The molecule has 0 aliphatic rings. The number of benzene rings is 2. The first-order chi connectivity index (χ1) is 14.4. The number of carboxylic acid groups (broad SMARTS) is 1. The van der Waals surface area contributed by atoms with Gasteiger partial charge in [0.15, 0.2) is 5.78 Å². The largest absolute Gasteiger partial charge is 0.507 e. The van der Waals surface area contributed by atoms with Crippen molar-refractivity contribution in [3.05, 3.63) is 53.1 Å². The molecule has 1 atom stereocenters. The number of ether oxygens (including phenoxy) is 1. The topological polar surface area (TPSA) is 128 Å². The summed E-state index contributed by atoms with van der Waals surface area (Å²) in [4.78, 5) is 22.6. The predicted molar refractivity (Wildman–Crippen MR) is 118 cm³/mol. The number of hydrogen-bond donors (Lipinski definition) is 4. The zero-order valence-electron chi connectivity index (χ0n) is 18.3. The number of aromatic hydroxyl groups is 1. The number of rotatable bonds is 8. The van der Waals surface area contributed by atoms with Crippen molar-refractivity contribution in [2.45, 2.75) is 46.1 Å². The van der Waals surface area contributed by atoms with E-state index in [1.807, 2.05) is 32.9 Å². The molecule has 31 heavy (non-hydrogen) atoms. The van der Waals surface area contributed by atoms with Crippen LogP contribution in [0.1, 0.15) is 56.1 Å². The van der Waals surface area contributed by atoms with Gasteiger partial charge in [-0.25, -0.2) is 4.79 Å². The molecule has 0 amide bonds. The van der Waals surface area contributed by atoms with Gasteiger partial charge in [-0.05, 0) is 49.1 Å². The predicted octanol–water partition coefficient (Wildman–Crippen LogP) is 4.03. The first-order valence-corrected chi connectivity index (χ1v) is 9.76. The minimum Gasteiger partial charge on any atom is -0.507 e. The number of ketones is 1. The van der Waals surface area contributed by atoms with E-state index in [0.29, 0.717) is 5.56 Å². The lowest BCUT2D eigenvalue weighted by Crippen LogP contribution is -2.26. The summed E-state index contributed by atoms with van der Waals surface area (Å²) in [5.74, 6) is -1.41. The molecule has 2 aromatic carbocycles. The minimum atomic E-state index is -1.25. The van der Waals surface area contributed by atoms with Crippen molar-refractivity contribution >= 4 is 23.2 Å². The summed E-state index contributed by atoms with van der Waals surface area (Å²) in [5, 5.41) is 34.9. The van der Waals surface area contributed by atoms with E-state index in [1.165, 1.54) is 25.1 Å². The van der Waals surface area contributed by atoms with Crippen molar-refractivity contribution in [2.24, 2.45) is 5.16 Å². The van der Waals surface area contributed by atoms with Crippen LogP contribution in [0, 0.1) is 0 Å². The van der Waals surface area contributed by atoms with Gasteiger partial charge in [-0.15, -0.1) is 0 Å². The maximum absolute atomic E-state index is 11.7. The molecule has 0 saturated heterocycles. The van der Waals surface area contributed by atoms with Crippen molar-refractivity contribution in [3.63, 3.8) is 0 Å². The van der Waals surface area contributed by atoms with Gasteiger partial charge in [0.25, 0.3) is 0 Å². The Morgan fingerprint density at radius 1 is 1.16 bits per heavy atom. The molecule has 0 bridgehead atoms. The summed E-state index contributed by atoms with van der Waals surface area (Å²) in [7, 11) is 0. The van der Waals surface area contributed by atoms with E-state index in [-0.39, 0.29) is 40.9 Å². The molecule has 4 N–H and O–H groups in total. The number of carbonyl (C=O) groups is 2. The molecule has 2 rings (SSSR count). The molecule has 0 radical (unpaired) electrons. The van der Waals surface area contributed by atoms with Crippen LogP contribution < -0.4 is 10.1 Å². The van der Waals surface area contributed by atoms with Gasteiger partial charge in [0.1, 0.15) is 29.4 Å². The van der Waals surface area contributed by atoms with E-state index >= 15 is 0 Å². The Hall–Kier alpha value is -3.55. The summed E-state index contributed by atoms with van der Waals surface area (Å²) >= 11 is 0. The number of hydrogen-bond acceptors (Lipinski definition) is 7. The quantitative estimate of drug-likeness (QED) is 0.284. The van der Waals surface area contributed by atoms with E-state index in [2.05, 4.69) is 10.5 Å². The molecule has 0 saturated carbocycles. The maximum Gasteiger partial charge on any atom is 0.339 e. The van der Waals surface area contributed by atoms with E-state index in [9.17, 15) is 19.9 Å². The zero-order chi connectivity index (χ0) is 23.3. The smallest absolute Gasteiger partial charge is 0.339 e. The number of Topliss-reactive ketones (excluding diaryl/α,β-unsaturated/α-hetero) is 1. The van der Waals surface area contributed by atoms with E-state index in [0.717, 1.165) is 11.3 Å². The van der Waals surface area contributed by atoms with Gasteiger partial charge in [0, 0.05) is 17.3 Å². The summed E-state index contributed by atoms with van der Waals surface area (Å²) < 4.78 is 5.58. The van der Waals surface area contributed by atoms with Crippen LogP contribution in [0.15, 0.2) is 41.6 Å². The zero-order valence-corrected chi connectivity index (χ0v) is 18.3. The molecular formula is C23H28N2O6. The molecule has 0 aromatic heterocycles. The molecule has 0 aliphatic heterocycles. The number of carbonyl (C=O) groups excluding carboxylic acids is 1. The molecule has 1 unspecified atom stereocenters. The number of anilines is 1. The number of nitrogens with one attached hydrogen (secondary N) is 1. The highest BCUT2D eigenvalue weighted by Gasteiger charge is 2.22. The van der Waals surface area contributed by atoms with Crippen LogP contribution in [0.4, 0.5) is 5.69 Å². The van der Waals surface area contributed by atoms with Crippen LogP contribution in [0.25, 0.3) is 0 Å². The van der Waals surface area contributed by atoms with Crippen molar-refractivity contribution in [3.8, 4) is 11.5 Å². The van der Waals surface area contributed by atoms with Crippen LogP contribution in [-0.4, -0.2) is 45.5 Å². The van der Waals surface area contributed by atoms with E-state index < -0.39 is 11.7 Å². The molecular weight excluding hydrogens is 400 g/mol. The van der Waals surface area contributed by atoms with Gasteiger partial charge in [0.05, 0.1) is 6.04 Å². The molecule has 0 spiro atoms. The van der Waals surface area contributed by atoms with Crippen molar-refractivity contribution in [1.82, 2.24) is 0 Å². The first-order valence-electron chi connectivity index (χ1n) is 9.76. The summed E-state index contributed by atoms with van der Waals surface area (Å²) in [6.07, 6.45) is 0. The number of carboxylic acids is 1. The Morgan fingerprint density at radius 2 is 1.84 bits per heavy atom. The van der Waals surface area contributed by atoms with Crippen molar-refractivity contribution < 1.29 is 29.7 Å². The molecule has 8 nitrogen and oxygen atoms in total. The SMILES string of the molecule is CC(=O)C(C)Nc1ccc(C(COc2ccc(C(=O)O)c(O)c2)=NO)cc1C(C)(C)C. The lowest BCUT2D eigenvalue weighted by Gasteiger charge is -2.26. The number of phenols is 1. The summed E-state index contributed by atoms with van der Waals surface area (Å²) in [6, 6.07) is 8.95. The molecule has 0 aliphatic carbocycles. The van der Waals surface area contributed by atoms with Crippen LogP contribution >= 0.6 is 0 Å². The highest BCUT2D eigenvalue weighted by atomic mass is 16.5. The van der Waals surface area contributed by atoms with Gasteiger partial charge in [-0.2, -0.15) is 0 Å². The lowest BCUT2D eigenvalue weighted by atomic mass is 9.84. The standard InChI is InChI=1S/C23H28N2O6/c1-13(14(2)26)24-19-9-6-15(10-18(19)23(3,4)5)20(25-30)12-31-16-7-8-17(22(28)29)21(27)11-16/h6-11,13,24,27,30H,12H2,1-5H3,(H,28,29). The summed E-state index contributed by atoms with van der Waals surface area (Å²) in [6.45, 7) is 9.32. The second-order valence-electron chi connectivity index (χ2n) is 8.31. The van der Waals surface area contributed by atoms with Gasteiger partial charge in [-0.3, -0.25) is 4.79 Å². The number of aromatic carboxylic acids is 1. The van der Waals surface area contributed by atoms with Gasteiger partial charge in [0.2, 0.25) is 0 Å². The second-order valence-corrected chi connectivity index (χ2v) is 8.31. The number of oxime groups is 1. The van der Waals surface area contributed by atoms with E-state index in [4.69, 9.17) is 9.84 Å². The Labute approximate surface area is 181 Å². The monoisotopic (exact) mass is 428 g/mol. The van der Waals surface area contributed by atoms with Crippen LogP contribution in [-0.2, 0) is 10.2 Å². The van der Waals surface area contributed by atoms with Crippen molar-refractivity contribution in [2.75, 3.05) is 11.9 Å². The third kappa shape index (κ3) is 5.97. The fourth-order valence-electron chi connectivity index (χ4n) is 2.91. The number of nitrogens with zero attached hydrogens (tertiary/aromatic N) is 1. The molecule has 0 heterocycles. The van der Waals surface area contributed by atoms with Crippen LogP contribution in [0.2, 0.25) is 0 Å². The molecule has 8 heteroatoms. The first kappa shape index (κ1) is 23.7. The average molecular weight is 428 g/mol. The third-order valence-electron chi connectivity index (χ3n) is 4.84. The Morgan fingerprint density at radius 3 is 2.35 bits per heavy atom. The maximum atomic E-state index is 11.7. The Kier molecular flexibility index (Phi) is 7.28. The highest BCUT2D eigenvalue weighted by Crippen LogP contribution is 2.31. The van der Waals surface area contributed by atoms with Gasteiger partial charge < -0.3 is 25.5 Å². The molecule has 2 aromatic rings.